The molecule has 0 aromatic heterocycles. The molecule has 0 N–H and O–H groups in total. The molecule has 0 heterocycles. The average Bonchev–Trinajstić information content (AvgIpc) is 2.29. The summed E-state index contributed by atoms with van der Waals surface area (Å²) in [5.41, 5.74) is 2.74. The van der Waals surface area contributed by atoms with E-state index in [1.807, 2.05) is 6.92 Å². The van der Waals surface area contributed by atoms with Gasteiger partial charge in [0.15, 0.2) is 0 Å². The van der Waals surface area contributed by atoms with Crippen molar-refractivity contribution >= 4 is 5.97 Å². The van der Waals surface area contributed by atoms with Crippen molar-refractivity contribution in [3.8, 4) is 0 Å². The third-order valence-electron chi connectivity index (χ3n) is 3.05. The van der Waals surface area contributed by atoms with Crippen LogP contribution in [0.1, 0.15) is 37.3 Å². The molecule has 0 fully saturated rings. The highest BCUT2D eigenvalue weighted by Gasteiger charge is 2.20. The van der Waals surface area contributed by atoms with Gasteiger partial charge in [-0.25, -0.2) is 0 Å². The van der Waals surface area contributed by atoms with Crippen molar-refractivity contribution in [2.24, 2.45) is 0 Å². The number of ether oxygens (including phenoxy) is 1. The second-order valence-corrected chi connectivity index (χ2v) is 4.37. The number of esters is 1. The normalized spacial score (nSPS) is 18.9. The lowest BCUT2D eigenvalue weighted by Crippen LogP contribution is -2.25. The molecule has 2 heteroatoms. The Morgan fingerprint density at radius 3 is 2.88 bits per heavy atom. The Morgan fingerprint density at radius 1 is 1.38 bits per heavy atom. The third kappa shape index (κ3) is 2.63. The number of hydrogen-bond acceptors (Lipinski definition) is 2. The minimum absolute atomic E-state index is 0.0492. The van der Waals surface area contributed by atoms with Gasteiger partial charge in [0.05, 0.1) is 0 Å². The molecule has 0 amide bonds. The molecule has 0 radical (unpaired) electrons. The van der Waals surface area contributed by atoms with Crippen LogP contribution in [0, 0.1) is 0 Å². The van der Waals surface area contributed by atoms with E-state index in [0.717, 1.165) is 25.7 Å². The van der Waals surface area contributed by atoms with Gasteiger partial charge >= 0.3 is 5.97 Å². The first-order chi connectivity index (χ1) is 7.79. The first-order valence-electron chi connectivity index (χ1n) is 6.06. The van der Waals surface area contributed by atoms with Crippen molar-refractivity contribution < 1.29 is 9.53 Å². The number of carbonyl (C=O) groups is 1. The highest BCUT2D eigenvalue weighted by atomic mass is 16.5. The van der Waals surface area contributed by atoms with E-state index in [2.05, 4.69) is 24.3 Å². The smallest absolute Gasteiger partial charge is 0.306 e. The van der Waals surface area contributed by atoms with Gasteiger partial charge in [0.2, 0.25) is 0 Å². The Labute approximate surface area is 96.6 Å². The van der Waals surface area contributed by atoms with Gasteiger partial charge in [0.1, 0.15) is 6.10 Å². The summed E-state index contributed by atoms with van der Waals surface area (Å²) in [6, 6.07) is 8.42. The summed E-state index contributed by atoms with van der Waals surface area (Å²) in [5.74, 6) is -0.0492. The van der Waals surface area contributed by atoms with E-state index in [-0.39, 0.29) is 12.1 Å². The van der Waals surface area contributed by atoms with Gasteiger partial charge in [0.25, 0.3) is 0 Å². The molecule has 1 unspecified atom stereocenters. The lowest BCUT2D eigenvalue weighted by Gasteiger charge is -2.24. The second-order valence-electron chi connectivity index (χ2n) is 4.37. The van der Waals surface area contributed by atoms with Crippen LogP contribution in [0.5, 0.6) is 0 Å². The molecule has 0 bridgehead atoms. The Bertz CT molecular complexity index is 371. The van der Waals surface area contributed by atoms with Crippen LogP contribution in [0.4, 0.5) is 0 Å². The Hall–Kier alpha value is -1.31. The summed E-state index contributed by atoms with van der Waals surface area (Å²) in [5, 5.41) is 0. The number of aryl methyl sites for hydroxylation is 1. The maximum atomic E-state index is 11.4. The molecule has 16 heavy (non-hydrogen) atoms. The van der Waals surface area contributed by atoms with Gasteiger partial charge in [-0.15, -0.1) is 0 Å². The molecule has 1 aromatic carbocycles. The van der Waals surface area contributed by atoms with Gasteiger partial charge in [-0.3, -0.25) is 4.79 Å². The lowest BCUT2D eigenvalue weighted by molar-refractivity contribution is -0.149. The zero-order valence-corrected chi connectivity index (χ0v) is 9.74. The average molecular weight is 218 g/mol. The summed E-state index contributed by atoms with van der Waals surface area (Å²) in [6.45, 7) is 2.00. The molecule has 2 nitrogen and oxygen atoms in total. The quantitative estimate of drug-likeness (QED) is 0.729. The van der Waals surface area contributed by atoms with Crippen molar-refractivity contribution in [3.05, 3.63) is 35.4 Å². The lowest BCUT2D eigenvalue weighted by atomic mass is 9.90. The fourth-order valence-corrected chi connectivity index (χ4v) is 2.21. The molecular formula is C14H18O2. The van der Waals surface area contributed by atoms with Gasteiger partial charge in [-0.05, 0) is 30.4 Å². The summed E-state index contributed by atoms with van der Waals surface area (Å²) >= 11 is 0. The summed E-state index contributed by atoms with van der Waals surface area (Å²) < 4.78 is 5.45. The number of carbonyl (C=O) groups excluding carboxylic acids is 1. The molecule has 0 saturated heterocycles. The molecule has 0 aliphatic heterocycles. The SMILES string of the molecule is CCCC(=O)OC1CCc2ccccc2C1. The van der Waals surface area contributed by atoms with Crippen molar-refractivity contribution in [2.45, 2.75) is 45.1 Å². The fourth-order valence-electron chi connectivity index (χ4n) is 2.21. The summed E-state index contributed by atoms with van der Waals surface area (Å²) in [6.07, 6.45) is 4.37. The molecule has 0 saturated carbocycles. The first kappa shape index (κ1) is 11.2. The van der Waals surface area contributed by atoms with Crippen LogP contribution < -0.4 is 0 Å². The zero-order chi connectivity index (χ0) is 11.4. The summed E-state index contributed by atoms with van der Waals surface area (Å²) in [4.78, 5) is 11.4. The molecule has 2 rings (SSSR count). The Balaban J connectivity index is 1.95. The topological polar surface area (TPSA) is 26.3 Å². The van der Waals surface area contributed by atoms with E-state index in [1.165, 1.54) is 11.1 Å². The van der Waals surface area contributed by atoms with E-state index < -0.39 is 0 Å². The minimum atomic E-state index is -0.0492. The molecule has 86 valence electrons. The predicted octanol–water partition coefficient (Wildman–Crippen LogP) is 2.89. The molecule has 1 aliphatic rings. The molecule has 1 aromatic rings. The van der Waals surface area contributed by atoms with E-state index in [9.17, 15) is 4.79 Å². The van der Waals surface area contributed by atoms with E-state index in [0.29, 0.717) is 6.42 Å². The van der Waals surface area contributed by atoms with Gasteiger partial charge < -0.3 is 4.74 Å². The zero-order valence-electron chi connectivity index (χ0n) is 9.74. The highest BCUT2D eigenvalue weighted by Crippen LogP contribution is 2.23. The Morgan fingerprint density at radius 2 is 2.12 bits per heavy atom. The van der Waals surface area contributed by atoms with E-state index >= 15 is 0 Å². The van der Waals surface area contributed by atoms with Crippen molar-refractivity contribution in [1.82, 2.24) is 0 Å². The van der Waals surface area contributed by atoms with Crippen LogP contribution in [-0.2, 0) is 22.4 Å². The highest BCUT2D eigenvalue weighted by molar-refractivity contribution is 5.69. The largest absolute Gasteiger partial charge is 0.462 e. The number of hydrogen-bond donors (Lipinski definition) is 0. The van der Waals surface area contributed by atoms with Crippen LogP contribution in [0.15, 0.2) is 24.3 Å². The van der Waals surface area contributed by atoms with Gasteiger partial charge in [0, 0.05) is 12.8 Å². The van der Waals surface area contributed by atoms with Crippen LogP contribution in [0.3, 0.4) is 0 Å². The first-order valence-corrected chi connectivity index (χ1v) is 6.06. The van der Waals surface area contributed by atoms with E-state index in [4.69, 9.17) is 4.74 Å². The van der Waals surface area contributed by atoms with Gasteiger partial charge in [-0.2, -0.15) is 0 Å². The number of rotatable bonds is 3. The maximum absolute atomic E-state index is 11.4. The van der Waals surface area contributed by atoms with Crippen molar-refractivity contribution in [1.29, 1.82) is 0 Å². The van der Waals surface area contributed by atoms with Gasteiger partial charge in [-0.1, -0.05) is 31.2 Å². The molecular weight excluding hydrogens is 200 g/mol. The van der Waals surface area contributed by atoms with Crippen molar-refractivity contribution in [2.75, 3.05) is 0 Å². The second kappa shape index (κ2) is 5.15. The monoisotopic (exact) mass is 218 g/mol. The molecule has 1 aliphatic carbocycles. The van der Waals surface area contributed by atoms with Crippen LogP contribution in [0.2, 0.25) is 0 Å². The van der Waals surface area contributed by atoms with Crippen LogP contribution >= 0.6 is 0 Å². The molecule has 1 atom stereocenters. The molecule has 0 spiro atoms. The third-order valence-corrected chi connectivity index (χ3v) is 3.05. The number of benzene rings is 1. The van der Waals surface area contributed by atoms with Crippen molar-refractivity contribution in [3.63, 3.8) is 0 Å². The van der Waals surface area contributed by atoms with Crippen LogP contribution in [-0.4, -0.2) is 12.1 Å². The summed E-state index contributed by atoms with van der Waals surface area (Å²) in [7, 11) is 0. The minimum Gasteiger partial charge on any atom is -0.462 e. The number of fused-ring (bicyclic) bond motifs is 1. The maximum Gasteiger partial charge on any atom is 0.306 e. The predicted molar refractivity (Wildman–Crippen MR) is 63.3 cm³/mol. The van der Waals surface area contributed by atoms with Crippen LogP contribution in [0.25, 0.3) is 0 Å². The Kier molecular flexibility index (Phi) is 3.60. The standard InChI is InChI=1S/C14H18O2/c1-2-5-14(15)16-13-9-8-11-6-3-4-7-12(11)10-13/h3-4,6-7,13H,2,5,8-10H2,1H3. The fraction of sp³-hybridized carbons (Fsp3) is 0.500. The van der Waals surface area contributed by atoms with E-state index in [1.54, 1.807) is 0 Å².